The highest BCUT2D eigenvalue weighted by atomic mass is 15.3. The molecule has 2 bridgehead atoms. The molecule has 0 spiro atoms. The van der Waals surface area contributed by atoms with Gasteiger partial charge in [0.15, 0.2) is 0 Å². The first-order valence-corrected chi connectivity index (χ1v) is 12.5. The van der Waals surface area contributed by atoms with Crippen LogP contribution in [0.4, 0.5) is 5.69 Å². The van der Waals surface area contributed by atoms with Crippen molar-refractivity contribution < 1.29 is 0 Å². The first-order chi connectivity index (χ1) is 16.5. The molecule has 3 aromatic rings. The second kappa shape index (κ2) is 7.95. The van der Waals surface area contributed by atoms with Crippen molar-refractivity contribution in [1.29, 1.82) is 5.26 Å². The Balaban J connectivity index is 1.22. The minimum atomic E-state index is 0.114. The number of nitrogens with zero attached hydrogens (tertiary/aromatic N) is 5. The molecule has 0 saturated heterocycles. The summed E-state index contributed by atoms with van der Waals surface area (Å²) in [5, 5.41) is 14.1. The molecule has 7 rings (SSSR count). The van der Waals surface area contributed by atoms with Crippen LogP contribution < -0.4 is 10.6 Å². The first kappa shape index (κ1) is 21.4. The molecule has 34 heavy (non-hydrogen) atoms. The van der Waals surface area contributed by atoms with Crippen molar-refractivity contribution in [3.8, 4) is 17.3 Å². The maximum atomic E-state index is 9.07. The topological polar surface area (TPSA) is 83.8 Å². The minimum Gasteiger partial charge on any atom is -0.367 e. The maximum Gasteiger partial charge on any atom is 0.0991 e. The molecule has 174 valence electrons. The fourth-order valence-electron chi connectivity index (χ4n) is 6.35. The molecule has 2 aromatic heterocycles. The summed E-state index contributed by atoms with van der Waals surface area (Å²) in [6.07, 6.45) is 10.2. The molecular formula is C28H32N6. The monoisotopic (exact) mass is 452 g/mol. The summed E-state index contributed by atoms with van der Waals surface area (Å²) < 4.78 is 2.35. The average molecular weight is 453 g/mol. The summed E-state index contributed by atoms with van der Waals surface area (Å²) in [6.45, 7) is 5.08. The van der Waals surface area contributed by atoms with Crippen LogP contribution in [0.5, 0.6) is 0 Å². The van der Waals surface area contributed by atoms with Gasteiger partial charge in [0, 0.05) is 60.3 Å². The molecule has 1 aliphatic heterocycles. The van der Waals surface area contributed by atoms with E-state index in [0.717, 1.165) is 43.0 Å². The summed E-state index contributed by atoms with van der Waals surface area (Å²) in [5.41, 5.74) is 14.9. The Kier molecular flexibility index (Phi) is 5.00. The lowest BCUT2D eigenvalue weighted by Gasteiger charge is -2.52. The van der Waals surface area contributed by atoms with E-state index in [4.69, 9.17) is 16.1 Å². The Morgan fingerprint density at radius 2 is 1.79 bits per heavy atom. The summed E-state index contributed by atoms with van der Waals surface area (Å²) in [6, 6.07) is 14.1. The molecule has 0 radical (unpaired) electrons. The molecule has 3 saturated carbocycles. The van der Waals surface area contributed by atoms with Crippen LogP contribution in [0.2, 0.25) is 0 Å². The largest absolute Gasteiger partial charge is 0.367 e. The van der Waals surface area contributed by atoms with E-state index >= 15 is 0 Å². The Morgan fingerprint density at radius 3 is 2.50 bits per heavy atom. The van der Waals surface area contributed by atoms with Crippen molar-refractivity contribution in [2.24, 2.45) is 11.1 Å². The number of pyridine rings is 1. The van der Waals surface area contributed by atoms with E-state index in [1.54, 1.807) is 0 Å². The van der Waals surface area contributed by atoms with E-state index in [1.165, 1.54) is 55.5 Å². The summed E-state index contributed by atoms with van der Waals surface area (Å²) in [7, 11) is 0. The number of fused-ring (bicyclic) bond motifs is 4. The van der Waals surface area contributed by atoms with Gasteiger partial charge in [-0.3, -0.25) is 9.67 Å². The molecule has 0 amide bonds. The van der Waals surface area contributed by atoms with Gasteiger partial charge in [0.25, 0.3) is 0 Å². The number of aryl methyl sites for hydroxylation is 1. The van der Waals surface area contributed by atoms with Crippen LogP contribution in [0.15, 0.2) is 42.6 Å². The lowest BCUT2D eigenvalue weighted by atomic mass is 9.57. The van der Waals surface area contributed by atoms with E-state index in [1.807, 2.05) is 30.5 Å². The van der Waals surface area contributed by atoms with Gasteiger partial charge in [-0.05, 0) is 75.1 Å². The van der Waals surface area contributed by atoms with Gasteiger partial charge in [0.1, 0.15) is 0 Å². The van der Waals surface area contributed by atoms with Crippen LogP contribution in [-0.4, -0.2) is 26.8 Å². The zero-order valence-electron chi connectivity index (χ0n) is 19.9. The molecule has 3 aliphatic carbocycles. The average Bonchev–Trinajstić information content (AvgIpc) is 3.19. The number of hydrogen-bond donors (Lipinski definition) is 1. The maximum absolute atomic E-state index is 9.07. The molecule has 0 unspecified atom stereocenters. The van der Waals surface area contributed by atoms with Crippen LogP contribution in [0, 0.1) is 23.7 Å². The van der Waals surface area contributed by atoms with Gasteiger partial charge in [-0.1, -0.05) is 12.1 Å². The van der Waals surface area contributed by atoms with Crippen molar-refractivity contribution in [1.82, 2.24) is 14.8 Å². The van der Waals surface area contributed by atoms with Crippen LogP contribution in [-0.2, 0) is 19.5 Å². The smallest absolute Gasteiger partial charge is 0.0991 e. The van der Waals surface area contributed by atoms with Gasteiger partial charge in [0.05, 0.1) is 23.0 Å². The van der Waals surface area contributed by atoms with E-state index in [-0.39, 0.29) is 5.54 Å². The SMILES string of the molecule is Cc1nn(CC23CCC(N)(CC2)CC3)c2c1CN(c1ccnc(-c3ccc(C#N)cc3)c1)CC2. The second-order valence-electron chi connectivity index (χ2n) is 10.8. The fourth-order valence-corrected chi connectivity index (χ4v) is 6.35. The molecule has 3 fully saturated rings. The van der Waals surface area contributed by atoms with Crippen molar-refractivity contribution >= 4 is 5.69 Å². The van der Waals surface area contributed by atoms with Gasteiger partial charge < -0.3 is 10.6 Å². The second-order valence-corrected chi connectivity index (χ2v) is 10.8. The van der Waals surface area contributed by atoms with E-state index < -0.39 is 0 Å². The normalized spacial score (nSPS) is 25.7. The van der Waals surface area contributed by atoms with Crippen molar-refractivity contribution in [2.45, 2.75) is 70.5 Å². The van der Waals surface area contributed by atoms with E-state index in [2.05, 4.69) is 39.7 Å². The van der Waals surface area contributed by atoms with Gasteiger partial charge in [-0.2, -0.15) is 10.4 Å². The minimum absolute atomic E-state index is 0.114. The number of anilines is 1. The molecule has 3 heterocycles. The number of benzene rings is 1. The molecule has 2 N–H and O–H groups in total. The molecule has 0 atom stereocenters. The zero-order valence-corrected chi connectivity index (χ0v) is 19.9. The Hall–Kier alpha value is -3.17. The molecule has 6 nitrogen and oxygen atoms in total. The Bertz CT molecular complexity index is 1240. The predicted molar refractivity (Wildman–Crippen MR) is 133 cm³/mol. The van der Waals surface area contributed by atoms with Gasteiger partial charge in [-0.25, -0.2) is 0 Å². The number of hydrogen-bond acceptors (Lipinski definition) is 5. The summed E-state index contributed by atoms with van der Waals surface area (Å²) in [4.78, 5) is 7.02. The van der Waals surface area contributed by atoms with Crippen LogP contribution in [0.3, 0.4) is 0 Å². The van der Waals surface area contributed by atoms with Gasteiger partial charge in [0.2, 0.25) is 0 Å². The fraction of sp³-hybridized carbons (Fsp3) is 0.464. The van der Waals surface area contributed by atoms with Crippen LogP contribution >= 0.6 is 0 Å². The van der Waals surface area contributed by atoms with Crippen LogP contribution in [0.1, 0.15) is 61.0 Å². The molecule has 6 heteroatoms. The molecule has 1 aromatic carbocycles. The summed E-state index contributed by atoms with van der Waals surface area (Å²) >= 11 is 0. The molecular weight excluding hydrogens is 420 g/mol. The third kappa shape index (κ3) is 3.69. The van der Waals surface area contributed by atoms with Gasteiger partial charge >= 0.3 is 0 Å². The number of nitriles is 1. The predicted octanol–water partition coefficient (Wildman–Crippen LogP) is 4.74. The van der Waals surface area contributed by atoms with Crippen molar-refractivity contribution in [3.63, 3.8) is 0 Å². The van der Waals surface area contributed by atoms with Crippen molar-refractivity contribution in [3.05, 3.63) is 65.1 Å². The highest BCUT2D eigenvalue weighted by Crippen LogP contribution is 2.52. The lowest BCUT2D eigenvalue weighted by Crippen LogP contribution is -2.53. The van der Waals surface area contributed by atoms with E-state index in [9.17, 15) is 0 Å². The Morgan fingerprint density at radius 1 is 1.06 bits per heavy atom. The first-order valence-electron chi connectivity index (χ1n) is 12.5. The Labute approximate surface area is 201 Å². The van der Waals surface area contributed by atoms with Crippen LogP contribution in [0.25, 0.3) is 11.3 Å². The number of nitrogens with two attached hydrogens (primary N) is 1. The third-order valence-corrected chi connectivity index (χ3v) is 8.70. The van der Waals surface area contributed by atoms with Gasteiger partial charge in [-0.15, -0.1) is 0 Å². The number of aromatic nitrogens is 3. The molecule has 4 aliphatic rings. The van der Waals surface area contributed by atoms with Crippen molar-refractivity contribution in [2.75, 3.05) is 11.4 Å². The lowest BCUT2D eigenvalue weighted by molar-refractivity contribution is 0.0263. The quantitative estimate of drug-likeness (QED) is 0.618. The number of rotatable bonds is 4. The summed E-state index contributed by atoms with van der Waals surface area (Å²) in [5.74, 6) is 0. The third-order valence-electron chi connectivity index (χ3n) is 8.70. The highest BCUT2D eigenvalue weighted by molar-refractivity contribution is 5.65. The standard InChI is InChI=1S/C28H32N6/c1-20-24-18-33(23-6-14-31-25(16-23)22-4-2-21(17-29)3-5-22)15-7-26(24)34(32-20)19-27-8-11-28(30,12-9-27)13-10-27/h2-6,14,16H,7-13,15,18-19,30H2,1H3. The highest BCUT2D eigenvalue weighted by Gasteiger charge is 2.47. The zero-order chi connectivity index (χ0) is 23.3. The van der Waals surface area contributed by atoms with E-state index in [0.29, 0.717) is 11.0 Å².